The molecule has 334 valence electrons. The van der Waals surface area contributed by atoms with Gasteiger partial charge in [-0.3, -0.25) is 0 Å². The van der Waals surface area contributed by atoms with Gasteiger partial charge < -0.3 is 28.1 Å². The van der Waals surface area contributed by atoms with Crippen molar-refractivity contribution in [2.45, 2.75) is 291 Å². The van der Waals surface area contributed by atoms with Crippen LogP contribution in [0, 0.1) is 0 Å². The van der Waals surface area contributed by atoms with Crippen molar-refractivity contribution in [3.8, 4) is 0 Å². The van der Waals surface area contributed by atoms with E-state index in [-0.39, 0.29) is 34.1 Å². The summed E-state index contributed by atoms with van der Waals surface area (Å²) in [5, 5.41) is 17.8. The summed E-state index contributed by atoms with van der Waals surface area (Å²) in [5.74, 6) is 0. The van der Waals surface area contributed by atoms with E-state index in [4.69, 9.17) is 5.11 Å². The first-order valence-electron chi connectivity index (χ1n) is 25.1. The standard InChI is InChI=1S/2C20H42N.C10H22O.ClH.Ti/c2*1-3-5-7-9-11-13-15-17-19-21-20-18-16-14-12-10-8-6-4-2;1-2-3-4-5-6-7-8-9-10-11;;/h2*3-20H2,1-2H3;11H,2-10H2,1H3;1H;/q2*-1;;;+2/p-1. The predicted octanol–water partition coefficient (Wildman–Crippen LogP) is 15.4. The fourth-order valence-electron chi connectivity index (χ4n) is 6.90. The van der Waals surface area contributed by atoms with Crippen LogP contribution in [0.4, 0.5) is 0 Å². The monoisotopic (exact) mass is 834 g/mol. The number of aliphatic hydroxyl groups excluding tert-OH is 1. The van der Waals surface area contributed by atoms with E-state index in [1.165, 1.54) is 250 Å². The minimum absolute atomic E-state index is 0. The van der Waals surface area contributed by atoms with Crippen molar-refractivity contribution in [1.82, 2.24) is 0 Å². The van der Waals surface area contributed by atoms with E-state index < -0.39 is 0 Å². The minimum atomic E-state index is 0. The smallest absolute Gasteiger partial charge is 1.00 e. The van der Waals surface area contributed by atoms with Crippen molar-refractivity contribution in [2.75, 3.05) is 32.8 Å². The molecule has 5 heteroatoms. The second kappa shape index (κ2) is 69.5. The molecule has 0 saturated heterocycles. The molecule has 0 aliphatic carbocycles. The van der Waals surface area contributed by atoms with Crippen molar-refractivity contribution >= 4 is 0 Å². The maximum Gasteiger partial charge on any atom is 2.00 e. The van der Waals surface area contributed by atoms with Gasteiger partial charge in [-0.25, -0.2) is 0 Å². The van der Waals surface area contributed by atoms with Crippen LogP contribution in [0.3, 0.4) is 0 Å². The number of hydrogen-bond donors (Lipinski definition) is 1. The summed E-state index contributed by atoms with van der Waals surface area (Å²) in [4.78, 5) is 0. The molecule has 55 heavy (non-hydrogen) atoms. The van der Waals surface area contributed by atoms with E-state index in [1.807, 2.05) is 0 Å². The van der Waals surface area contributed by atoms with E-state index in [1.54, 1.807) is 0 Å². The topological polar surface area (TPSA) is 48.4 Å². The van der Waals surface area contributed by atoms with Crippen LogP contribution < -0.4 is 12.4 Å². The van der Waals surface area contributed by atoms with Gasteiger partial charge in [0, 0.05) is 6.61 Å². The molecule has 0 atom stereocenters. The largest absolute Gasteiger partial charge is 2.00 e. The molecule has 0 heterocycles. The first kappa shape index (κ1) is 65.0. The van der Waals surface area contributed by atoms with Gasteiger partial charge in [-0.2, -0.15) is 0 Å². The molecule has 0 fully saturated rings. The fourth-order valence-corrected chi connectivity index (χ4v) is 6.90. The maximum atomic E-state index is 8.51. The molecule has 0 aromatic carbocycles. The Morgan fingerprint density at radius 2 is 0.382 bits per heavy atom. The molecule has 0 aliphatic heterocycles. The van der Waals surface area contributed by atoms with Gasteiger partial charge in [-0.05, 0) is 6.42 Å². The van der Waals surface area contributed by atoms with E-state index in [0.29, 0.717) is 6.61 Å². The van der Waals surface area contributed by atoms with E-state index >= 15 is 0 Å². The van der Waals surface area contributed by atoms with Crippen molar-refractivity contribution in [3.63, 3.8) is 0 Å². The Balaban J connectivity index is -0.000000234. The summed E-state index contributed by atoms with van der Waals surface area (Å²) < 4.78 is 0. The third kappa shape index (κ3) is 76.2. The van der Waals surface area contributed by atoms with Crippen LogP contribution in [-0.2, 0) is 21.7 Å². The van der Waals surface area contributed by atoms with Crippen LogP contribution in [0.5, 0.6) is 0 Å². The average molecular weight is 835 g/mol. The molecule has 3 nitrogen and oxygen atoms in total. The molecule has 0 unspecified atom stereocenters. The zero-order valence-corrected chi connectivity index (χ0v) is 41.4. The SMILES string of the molecule is CCCCCCCCCCO.CCCCCCCCCC[N-]CCCCCCCCCC.CCCCCCCCCC[N-]CCCCCCCCCC.[Cl-].[Ti+2]. The van der Waals surface area contributed by atoms with E-state index in [2.05, 4.69) is 45.3 Å². The van der Waals surface area contributed by atoms with Crippen LogP contribution in [0.2, 0.25) is 0 Å². The first-order chi connectivity index (χ1) is 26.2. The second-order valence-electron chi connectivity index (χ2n) is 16.4. The zero-order valence-electron chi connectivity index (χ0n) is 39.0. The van der Waals surface area contributed by atoms with Gasteiger partial charge in [0.05, 0.1) is 0 Å². The number of nitrogens with zero attached hydrogens (tertiary/aromatic N) is 2. The normalized spacial score (nSPS) is 10.6. The van der Waals surface area contributed by atoms with Gasteiger partial charge in [-0.15, -0.1) is 26.2 Å². The van der Waals surface area contributed by atoms with Gasteiger partial charge in [-0.1, -0.05) is 285 Å². The molecule has 0 aromatic heterocycles. The number of halogens is 1. The third-order valence-corrected chi connectivity index (χ3v) is 10.7. The van der Waals surface area contributed by atoms with Gasteiger partial charge in [0.1, 0.15) is 0 Å². The number of aliphatic hydroxyl groups is 1. The molecule has 0 aromatic rings. The Morgan fingerprint density at radius 3 is 0.545 bits per heavy atom. The molecule has 0 spiro atoms. The van der Waals surface area contributed by atoms with Crippen LogP contribution in [-0.4, -0.2) is 37.9 Å². The molecule has 1 N–H and O–H groups in total. The predicted molar refractivity (Wildman–Crippen MR) is 246 cm³/mol. The van der Waals surface area contributed by atoms with Crippen molar-refractivity contribution in [2.24, 2.45) is 0 Å². The Labute approximate surface area is 372 Å². The zero-order chi connectivity index (χ0) is 39.2. The molecular formula is C50H106ClN2OTi-. The maximum absolute atomic E-state index is 8.51. The van der Waals surface area contributed by atoms with Crippen LogP contribution in [0.25, 0.3) is 10.6 Å². The van der Waals surface area contributed by atoms with E-state index in [9.17, 15) is 0 Å². The molecular weight excluding hydrogens is 728 g/mol. The Morgan fingerprint density at radius 1 is 0.236 bits per heavy atom. The Bertz CT molecular complexity index is 474. The summed E-state index contributed by atoms with van der Waals surface area (Å²) in [6, 6.07) is 0. The van der Waals surface area contributed by atoms with Gasteiger partial charge in [0.15, 0.2) is 0 Å². The van der Waals surface area contributed by atoms with Gasteiger partial charge in [0.2, 0.25) is 0 Å². The van der Waals surface area contributed by atoms with Crippen LogP contribution in [0.1, 0.15) is 291 Å². The van der Waals surface area contributed by atoms with E-state index in [0.717, 1.165) is 32.6 Å². The molecule has 0 rings (SSSR count). The average Bonchev–Trinajstić information content (AvgIpc) is 3.17. The molecule has 0 bridgehead atoms. The number of unbranched alkanes of at least 4 members (excludes halogenated alkanes) is 35. The fraction of sp³-hybridized carbons (Fsp3) is 1.00. The Kier molecular flexibility index (Phi) is 82.2. The van der Waals surface area contributed by atoms with Crippen molar-refractivity contribution in [1.29, 1.82) is 0 Å². The molecule has 0 radical (unpaired) electrons. The molecule has 0 amide bonds. The van der Waals surface area contributed by atoms with Gasteiger partial charge in [0.25, 0.3) is 0 Å². The van der Waals surface area contributed by atoms with Crippen LogP contribution in [0.15, 0.2) is 0 Å². The summed E-state index contributed by atoms with van der Waals surface area (Å²) in [7, 11) is 0. The number of hydrogen-bond acceptors (Lipinski definition) is 1. The summed E-state index contributed by atoms with van der Waals surface area (Å²) in [6.45, 7) is 16.2. The first-order valence-corrected chi connectivity index (χ1v) is 25.1. The number of rotatable bonds is 44. The summed E-state index contributed by atoms with van der Waals surface area (Å²) >= 11 is 0. The summed E-state index contributed by atoms with van der Waals surface area (Å²) in [6.07, 6.45) is 55.4. The quantitative estimate of drug-likeness (QED) is 0.0482. The minimum Gasteiger partial charge on any atom is -1.00 e. The van der Waals surface area contributed by atoms with Crippen molar-refractivity contribution < 1.29 is 39.2 Å². The molecule has 0 saturated carbocycles. The van der Waals surface area contributed by atoms with Crippen molar-refractivity contribution in [3.05, 3.63) is 10.6 Å². The summed E-state index contributed by atoms with van der Waals surface area (Å²) in [5.41, 5.74) is 0. The second-order valence-corrected chi connectivity index (χ2v) is 16.4. The van der Waals surface area contributed by atoms with Crippen LogP contribution >= 0.6 is 0 Å². The third-order valence-electron chi connectivity index (χ3n) is 10.7. The Hall–Kier alpha value is 0.884. The van der Waals surface area contributed by atoms with Gasteiger partial charge >= 0.3 is 21.7 Å². The molecule has 0 aliphatic rings.